The van der Waals surface area contributed by atoms with E-state index in [2.05, 4.69) is 24.3 Å². The van der Waals surface area contributed by atoms with Crippen molar-refractivity contribution in [3.8, 4) is 0 Å². The molecule has 98 valence electrons. The summed E-state index contributed by atoms with van der Waals surface area (Å²) >= 11 is 5.62. The standard InChI is InChI=1S/C15H20ClNO/c16-10-4-7-15(18)17-11-8-14(9-12-17)13-5-2-1-3-6-13/h1-3,5-6,14H,4,7-12H2. The molecular weight excluding hydrogens is 246 g/mol. The summed E-state index contributed by atoms with van der Waals surface area (Å²) in [7, 11) is 0. The van der Waals surface area contributed by atoms with Crippen LogP contribution >= 0.6 is 11.6 Å². The number of alkyl halides is 1. The van der Waals surface area contributed by atoms with E-state index in [0.717, 1.165) is 32.4 Å². The Hall–Kier alpha value is -1.02. The molecule has 2 nitrogen and oxygen atoms in total. The monoisotopic (exact) mass is 265 g/mol. The first-order valence-electron chi connectivity index (χ1n) is 6.70. The maximum atomic E-state index is 11.9. The molecule has 0 saturated carbocycles. The first kappa shape index (κ1) is 13.4. The van der Waals surface area contributed by atoms with Crippen LogP contribution in [0.3, 0.4) is 0 Å². The van der Waals surface area contributed by atoms with Crippen LogP contribution in [0.5, 0.6) is 0 Å². The van der Waals surface area contributed by atoms with Gasteiger partial charge in [0.1, 0.15) is 0 Å². The van der Waals surface area contributed by atoms with Crippen molar-refractivity contribution < 1.29 is 4.79 Å². The average molecular weight is 266 g/mol. The van der Waals surface area contributed by atoms with Gasteiger partial charge in [-0.3, -0.25) is 4.79 Å². The maximum Gasteiger partial charge on any atom is 0.222 e. The van der Waals surface area contributed by atoms with Crippen molar-refractivity contribution in [1.82, 2.24) is 4.90 Å². The summed E-state index contributed by atoms with van der Waals surface area (Å²) in [5, 5.41) is 0. The molecule has 0 radical (unpaired) electrons. The molecule has 2 rings (SSSR count). The van der Waals surface area contributed by atoms with E-state index in [-0.39, 0.29) is 5.91 Å². The van der Waals surface area contributed by atoms with Crippen molar-refractivity contribution in [2.75, 3.05) is 19.0 Å². The zero-order valence-electron chi connectivity index (χ0n) is 10.6. The first-order valence-corrected chi connectivity index (χ1v) is 7.23. The highest BCUT2D eigenvalue weighted by molar-refractivity contribution is 6.17. The summed E-state index contributed by atoms with van der Waals surface area (Å²) in [6.07, 6.45) is 3.55. The Labute approximate surface area is 114 Å². The maximum absolute atomic E-state index is 11.9. The summed E-state index contributed by atoms with van der Waals surface area (Å²) in [6, 6.07) is 10.6. The summed E-state index contributed by atoms with van der Waals surface area (Å²) in [6.45, 7) is 1.78. The lowest BCUT2D eigenvalue weighted by molar-refractivity contribution is -0.132. The van der Waals surface area contributed by atoms with Crippen LogP contribution in [-0.2, 0) is 4.79 Å². The minimum atomic E-state index is 0.266. The van der Waals surface area contributed by atoms with Crippen molar-refractivity contribution in [2.45, 2.75) is 31.6 Å². The molecule has 0 spiro atoms. The zero-order chi connectivity index (χ0) is 12.8. The average Bonchev–Trinajstić information content (AvgIpc) is 2.46. The summed E-state index contributed by atoms with van der Waals surface area (Å²) in [5.74, 6) is 1.46. The minimum Gasteiger partial charge on any atom is -0.343 e. The third-order valence-electron chi connectivity index (χ3n) is 3.64. The number of hydrogen-bond acceptors (Lipinski definition) is 1. The lowest BCUT2D eigenvalue weighted by atomic mass is 9.89. The highest BCUT2D eigenvalue weighted by Crippen LogP contribution is 2.27. The lowest BCUT2D eigenvalue weighted by Gasteiger charge is -2.32. The van der Waals surface area contributed by atoms with Crippen LogP contribution in [0.1, 0.15) is 37.2 Å². The van der Waals surface area contributed by atoms with E-state index in [1.165, 1.54) is 5.56 Å². The fourth-order valence-corrected chi connectivity index (χ4v) is 2.70. The van der Waals surface area contributed by atoms with Crippen molar-refractivity contribution in [3.63, 3.8) is 0 Å². The van der Waals surface area contributed by atoms with Crippen molar-refractivity contribution >= 4 is 17.5 Å². The largest absolute Gasteiger partial charge is 0.343 e. The fraction of sp³-hybridized carbons (Fsp3) is 0.533. The molecule has 1 amide bonds. The van der Waals surface area contributed by atoms with E-state index in [0.29, 0.717) is 18.2 Å². The number of nitrogens with zero attached hydrogens (tertiary/aromatic N) is 1. The third-order valence-corrected chi connectivity index (χ3v) is 3.91. The molecule has 1 aromatic carbocycles. The quantitative estimate of drug-likeness (QED) is 0.764. The van der Waals surface area contributed by atoms with Gasteiger partial charge in [0, 0.05) is 25.4 Å². The van der Waals surface area contributed by atoms with Crippen LogP contribution in [0.2, 0.25) is 0 Å². The summed E-state index contributed by atoms with van der Waals surface area (Å²) in [5.41, 5.74) is 1.41. The van der Waals surface area contributed by atoms with E-state index in [9.17, 15) is 4.79 Å². The van der Waals surface area contributed by atoms with Crippen LogP contribution in [0.25, 0.3) is 0 Å². The van der Waals surface area contributed by atoms with Gasteiger partial charge in [-0.25, -0.2) is 0 Å². The Kier molecular flexibility index (Phi) is 5.06. The number of halogens is 1. The van der Waals surface area contributed by atoms with E-state index in [1.807, 2.05) is 11.0 Å². The van der Waals surface area contributed by atoms with Gasteiger partial charge >= 0.3 is 0 Å². The molecule has 1 fully saturated rings. The Morgan fingerprint density at radius 3 is 2.50 bits per heavy atom. The van der Waals surface area contributed by atoms with Gasteiger partial charge in [-0.1, -0.05) is 30.3 Å². The number of piperidine rings is 1. The molecule has 0 N–H and O–H groups in total. The third kappa shape index (κ3) is 3.49. The molecule has 1 aliphatic heterocycles. The van der Waals surface area contributed by atoms with Crippen molar-refractivity contribution in [1.29, 1.82) is 0 Å². The number of carbonyl (C=O) groups is 1. The van der Waals surface area contributed by atoms with Gasteiger partial charge in [0.25, 0.3) is 0 Å². The number of benzene rings is 1. The van der Waals surface area contributed by atoms with Crippen LogP contribution in [-0.4, -0.2) is 29.8 Å². The highest BCUT2D eigenvalue weighted by Gasteiger charge is 2.23. The molecule has 1 heterocycles. The van der Waals surface area contributed by atoms with Gasteiger partial charge in [-0.2, -0.15) is 0 Å². The number of carbonyl (C=O) groups excluding carboxylic acids is 1. The van der Waals surface area contributed by atoms with Gasteiger partial charge in [0.15, 0.2) is 0 Å². The molecule has 0 unspecified atom stereocenters. The smallest absolute Gasteiger partial charge is 0.222 e. The zero-order valence-corrected chi connectivity index (χ0v) is 11.4. The summed E-state index contributed by atoms with van der Waals surface area (Å²) in [4.78, 5) is 13.9. The molecule has 0 bridgehead atoms. The Bertz CT molecular complexity index is 371. The second-order valence-electron chi connectivity index (χ2n) is 4.86. The number of likely N-dealkylation sites (tertiary alicyclic amines) is 1. The van der Waals surface area contributed by atoms with E-state index >= 15 is 0 Å². The second kappa shape index (κ2) is 6.79. The molecule has 18 heavy (non-hydrogen) atoms. The number of amides is 1. The molecule has 3 heteroatoms. The van der Waals surface area contributed by atoms with Crippen LogP contribution in [0.15, 0.2) is 30.3 Å². The van der Waals surface area contributed by atoms with Gasteiger partial charge in [0.05, 0.1) is 0 Å². The molecule has 0 aliphatic carbocycles. The molecular formula is C15H20ClNO. The Balaban J connectivity index is 1.83. The van der Waals surface area contributed by atoms with Gasteiger partial charge in [-0.05, 0) is 30.7 Å². The predicted octanol–water partition coefficient (Wildman–Crippen LogP) is 3.41. The van der Waals surface area contributed by atoms with Crippen molar-refractivity contribution in [2.24, 2.45) is 0 Å². The fourth-order valence-electron chi connectivity index (χ4n) is 2.56. The van der Waals surface area contributed by atoms with Crippen molar-refractivity contribution in [3.05, 3.63) is 35.9 Å². The van der Waals surface area contributed by atoms with Gasteiger partial charge in [-0.15, -0.1) is 11.6 Å². The minimum absolute atomic E-state index is 0.266. The molecule has 1 aliphatic rings. The normalized spacial score (nSPS) is 16.8. The second-order valence-corrected chi connectivity index (χ2v) is 5.24. The summed E-state index contributed by atoms with van der Waals surface area (Å²) < 4.78 is 0. The lowest BCUT2D eigenvalue weighted by Crippen LogP contribution is -2.37. The van der Waals surface area contributed by atoms with Gasteiger partial charge in [0.2, 0.25) is 5.91 Å². The SMILES string of the molecule is O=C(CCCCl)N1CCC(c2ccccc2)CC1. The predicted molar refractivity (Wildman–Crippen MR) is 75.0 cm³/mol. The number of rotatable bonds is 4. The molecule has 1 aromatic rings. The van der Waals surface area contributed by atoms with Crippen LogP contribution in [0, 0.1) is 0 Å². The van der Waals surface area contributed by atoms with Gasteiger partial charge < -0.3 is 4.90 Å². The first-order chi connectivity index (χ1) is 8.81. The van der Waals surface area contributed by atoms with E-state index < -0.39 is 0 Å². The Morgan fingerprint density at radius 2 is 1.89 bits per heavy atom. The van der Waals surface area contributed by atoms with E-state index in [4.69, 9.17) is 11.6 Å². The number of hydrogen-bond donors (Lipinski definition) is 0. The molecule has 0 atom stereocenters. The highest BCUT2D eigenvalue weighted by atomic mass is 35.5. The topological polar surface area (TPSA) is 20.3 Å². The van der Waals surface area contributed by atoms with Crippen LogP contribution in [0.4, 0.5) is 0 Å². The van der Waals surface area contributed by atoms with E-state index in [1.54, 1.807) is 0 Å². The van der Waals surface area contributed by atoms with Crippen LogP contribution < -0.4 is 0 Å². The Morgan fingerprint density at radius 1 is 1.22 bits per heavy atom. The molecule has 1 saturated heterocycles. The molecule has 0 aromatic heterocycles.